The summed E-state index contributed by atoms with van der Waals surface area (Å²) in [6, 6.07) is 3.48. The van der Waals surface area contributed by atoms with Crippen molar-refractivity contribution >= 4 is 11.7 Å². The Morgan fingerprint density at radius 2 is 2.28 bits per heavy atom. The molecule has 3 heterocycles. The van der Waals surface area contributed by atoms with Crippen LogP contribution in [0, 0.1) is 0 Å². The van der Waals surface area contributed by atoms with Crippen molar-refractivity contribution in [3.8, 4) is 5.82 Å². The molecule has 3 rings (SSSR count). The molecule has 0 saturated heterocycles. The molecular formula is C11H10N6O. The van der Waals surface area contributed by atoms with Crippen LogP contribution >= 0.6 is 0 Å². The third-order valence-electron chi connectivity index (χ3n) is 2.56. The number of carbonyl (C=O) groups excluding carboxylic acids is 1. The SMILES string of the molecule is O=C1NCC(c2ccc(-n3ccnc3)nc2)=NN1. The van der Waals surface area contributed by atoms with E-state index in [-0.39, 0.29) is 6.03 Å². The number of nitrogens with one attached hydrogen (secondary N) is 2. The second-order valence-corrected chi connectivity index (χ2v) is 3.73. The summed E-state index contributed by atoms with van der Waals surface area (Å²) in [6.07, 6.45) is 6.91. The molecule has 1 aliphatic rings. The highest BCUT2D eigenvalue weighted by Gasteiger charge is 2.12. The number of pyridine rings is 1. The van der Waals surface area contributed by atoms with Gasteiger partial charge in [-0.2, -0.15) is 5.10 Å². The van der Waals surface area contributed by atoms with Crippen molar-refractivity contribution in [3.05, 3.63) is 42.6 Å². The highest BCUT2D eigenvalue weighted by molar-refractivity contribution is 6.05. The average Bonchev–Trinajstić information content (AvgIpc) is 2.94. The van der Waals surface area contributed by atoms with Gasteiger partial charge < -0.3 is 5.32 Å². The molecule has 2 aromatic rings. The van der Waals surface area contributed by atoms with Gasteiger partial charge in [-0.05, 0) is 12.1 Å². The fourth-order valence-electron chi connectivity index (χ4n) is 1.63. The van der Waals surface area contributed by atoms with E-state index in [1.54, 1.807) is 18.7 Å². The van der Waals surface area contributed by atoms with E-state index in [0.29, 0.717) is 6.54 Å². The minimum absolute atomic E-state index is 0.290. The molecule has 0 radical (unpaired) electrons. The lowest BCUT2D eigenvalue weighted by molar-refractivity contribution is 0.241. The number of hydrogen-bond donors (Lipinski definition) is 2. The monoisotopic (exact) mass is 242 g/mol. The van der Waals surface area contributed by atoms with E-state index in [2.05, 4.69) is 25.8 Å². The van der Waals surface area contributed by atoms with Gasteiger partial charge >= 0.3 is 6.03 Å². The summed E-state index contributed by atoms with van der Waals surface area (Å²) in [5.41, 5.74) is 3.98. The van der Waals surface area contributed by atoms with Crippen LogP contribution in [0.5, 0.6) is 0 Å². The molecule has 0 saturated carbocycles. The second kappa shape index (κ2) is 4.28. The van der Waals surface area contributed by atoms with Crippen molar-refractivity contribution in [1.82, 2.24) is 25.3 Å². The summed E-state index contributed by atoms with van der Waals surface area (Å²) in [6.45, 7) is 0.401. The Hall–Kier alpha value is -2.70. The molecular weight excluding hydrogens is 232 g/mol. The summed E-state index contributed by atoms with van der Waals surface area (Å²) < 4.78 is 1.81. The van der Waals surface area contributed by atoms with Crippen molar-refractivity contribution in [3.63, 3.8) is 0 Å². The molecule has 2 aromatic heterocycles. The standard InChI is InChI=1S/C11H10N6O/c18-11-14-6-9(15-16-11)8-1-2-10(13-5-8)17-4-3-12-7-17/h1-5,7H,6H2,(H2,14,16,18). The van der Waals surface area contributed by atoms with Gasteiger partial charge in [0.05, 0.1) is 12.3 Å². The second-order valence-electron chi connectivity index (χ2n) is 3.73. The minimum atomic E-state index is -0.290. The molecule has 0 aliphatic carbocycles. The van der Waals surface area contributed by atoms with E-state index in [9.17, 15) is 4.79 Å². The summed E-state index contributed by atoms with van der Waals surface area (Å²) >= 11 is 0. The third-order valence-corrected chi connectivity index (χ3v) is 2.56. The number of amides is 2. The number of rotatable bonds is 2. The van der Waals surface area contributed by atoms with Crippen LogP contribution in [0.25, 0.3) is 5.82 Å². The van der Waals surface area contributed by atoms with Gasteiger partial charge in [0.2, 0.25) is 0 Å². The van der Waals surface area contributed by atoms with Crippen molar-refractivity contribution in [1.29, 1.82) is 0 Å². The summed E-state index contributed by atoms with van der Waals surface area (Å²) in [7, 11) is 0. The number of imidazole rings is 1. The number of carbonyl (C=O) groups is 1. The van der Waals surface area contributed by atoms with Crippen LogP contribution in [0.15, 0.2) is 42.2 Å². The van der Waals surface area contributed by atoms with E-state index in [0.717, 1.165) is 17.1 Å². The molecule has 0 aromatic carbocycles. The quantitative estimate of drug-likeness (QED) is 0.793. The van der Waals surface area contributed by atoms with Crippen LogP contribution in [-0.2, 0) is 0 Å². The first-order chi connectivity index (χ1) is 8.83. The van der Waals surface area contributed by atoms with Crippen LogP contribution < -0.4 is 10.7 Å². The zero-order valence-electron chi connectivity index (χ0n) is 9.37. The number of aromatic nitrogens is 3. The van der Waals surface area contributed by atoms with Crippen LogP contribution in [0.1, 0.15) is 5.56 Å². The smallest absolute Gasteiger partial charge is 0.331 e. The fourth-order valence-corrected chi connectivity index (χ4v) is 1.63. The highest BCUT2D eigenvalue weighted by atomic mass is 16.2. The van der Waals surface area contributed by atoms with Crippen molar-refractivity contribution in [2.24, 2.45) is 5.10 Å². The zero-order chi connectivity index (χ0) is 12.4. The number of hydrogen-bond acceptors (Lipinski definition) is 4. The van der Waals surface area contributed by atoms with Gasteiger partial charge in [-0.1, -0.05) is 0 Å². The van der Waals surface area contributed by atoms with Gasteiger partial charge in [0.15, 0.2) is 0 Å². The minimum Gasteiger partial charge on any atom is -0.331 e. The zero-order valence-corrected chi connectivity index (χ0v) is 9.37. The fraction of sp³-hybridized carbons (Fsp3) is 0.0909. The molecule has 18 heavy (non-hydrogen) atoms. The van der Waals surface area contributed by atoms with Gasteiger partial charge in [-0.15, -0.1) is 0 Å². The van der Waals surface area contributed by atoms with Gasteiger partial charge in [0, 0.05) is 24.2 Å². The first-order valence-electron chi connectivity index (χ1n) is 5.38. The van der Waals surface area contributed by atoms with E-state index < -0.39 is 0 Å². The lowest BCUT2D eigenvalue weighted by Gasteiger charge is -2.13. The maximum atomic E-state index is 10.9. The Balaban J connectivity index is 1.85. The molecule has 1 aliphatic heterocycles. The predicted octanol–water partition coefficient (Wildman–Crippen LogP) is 0.284. The normalized spacial score (nSPS) is 14.7. The summed E-state index contributed by atoms with van der Waals surface area (Å²) in [5, 5.41) is 6.62. The van der Waals surface area contributed by atoms with Crippen molar-refractivity contribution < 1.29 is 4.79 Å². The molecule has 0 unspecified atom stereocenters. The summed E-state index contributed by atoms with van der Waals surface area (Å²) in [4.78, 5) is 19.2. The van der Waals surface area contributed by atoms with Crippen LogP contribution in [0.3, 0.4) is 0 Å². The van der Waals surface area contributed by atoms with E-state index in [4.69, 9.17) is 0 Å². The summed E-state index contributed by atoms with van der Waals surface area (Å²) in [5.74, 6) is 0.782. The van der Waals surface area contributed by atoms with E-state index >= 15 is 0 Å². The number of hydrazone groups is 1. The highest BCUT2D eigenvalue weighted by Crippen LogP contribution is 2.07. The Morgan fingerprint density at radius 1 is 1.33 bits per heavy atom. The first-order valence-corrected chi connectivity index (χ1v) is 5.38. The molecule has 90 valence electrons. The maximum absolute atomic E-state index is 10.9. The molecule has 2 N–H and O–H groups in total. The van der Waals surface area contributed by atoms with Crippen molar-refractivity contribution in [2.45, 2.75) is 0 Å². The maximum Gasteiger partial charge on any atom is 0.335 e. The average molecular weight is 242 g/mol. The van der Waals surface area contributed by atoms with E-state index in [1.165, 1.54) is 0 Å². The molecule has 0 spiro atoms. The van der Waals surface area contributed by atoms with Crippen LogP contribution in [-0.4, -0.2) is 32.8 Å². The Kier molecular flexibility index (Phi) is 2.49. The van der Waals surface area contributed by atoms with Crippen LogP contribution in [0.4, 0.5) is 4.79 Å². The molecule has 0 fully saturated rings. The topological polar surface area (TPSA) is 84.2 Å². The van der Waals surface area contributed by atoms with Gasteiger partial charge in [-0.25, -0.2) is 20.2 Å². The first kappa shape index (κ1) is 10.5. The molecule has 0 bridgehead atoms. The number of nitrogens with zero attached hydrogens (tertiary/aromatic N) is 4. The molecule has 7 nitrogen and oxygen atoms in total. The van der Waals surface area contributed by atoms with Gasteiger partial charge in [0.1, 0.15) is 12.1 Å². The largest absolute Gasteiger partial charge is 0.335 e. The third kappa shape index (κ3) is 1.93. The Morgan fingerprint density at radius 3 is 2.89 bits per heavy atom. The molecule has 2 amide bonds. The molecule has 0 atom stereocenters. The number of urea groups is 1. The van der Waals surface area contributed by atoms with Crippen LogP contribution in [0.2, 0.25) is 0 Å². The van der Waals surface area contributed by atoms with Gasteiger partial charge in [0.25, 0.3) is 0 Å². The lowest BCUT2D eigenvalue weighted by Crippen LogP contribution is -2.42. The Bertz CT molecular complexity index is 587. The van der Waals surface area contributed by atoms with Crippen molar-refractivity contribution in [2.75, 3.05) is 6.54 Å². The Labute approximate surface area is 103 Å². The lowest BCUT2D eigenvalue weighted by atomic mass is 10.1. The van der Waals surface area contributed by atoms with Gasteiger partial charge in [-0.3, -0.25) is 4.57 Å². The molecule has 7 heteroatoms. The van der Waals surface area contributed by atoms with E-state index in [1.807, 2.05) is 22.9 Å². The predicted molar refractivity (Wildman–Crippen MR) is 64.4 cm³/mol.